The predicted octanol–water partition coefficient (Wildman–Crippen LogP) is 3.11. The second-order valence-corrected chi connectivity index (χ2v) is 4.90. The van der Waals surface area contributed by atoms with Gasteiger partial charge in [0.1, 0.15) is 5.75 Å². The van der Waals surface area contributed by atoms with E-state index < -0.39 is 0 Å². The van der Waals surface area contributed by atoms with E-state index in [1.807, 2.05) is 0 Å². The zero-order valence-corrected chi connectivity index (χ0v) is 10.4. The quantitative estimate of drug-likeness (QED) is 0.847. The van der Waals surface area contributed by atoms with E-state index in [9.17, 15) is 0 Å². The zero-order valence-electron chi connectivity index (χ0n) is 10.4. The SMILES string of the molecule is COc1c(C)cc(C(N)C2CCC2)cc1C. The van der Waals surface area contributed by atoms with E-state index in [0.717, 1.165) is 5.75 Å². The van der Waals surface area contributed by atoms with Crippen molar-refractivity contribution in [3.05, 3.63) is 28.8 Å². The fraction of sp³-hybridized carbons (Fsp3) is 0.571. The Kier molecular flexibility index (Phi) is 3.20. The first-order valence-corrected chi connectivity index (χ1v) is 6.04. The molecule has 2 N–H and O–H groups in total. The summed E-state index contributed by atoms with van der Waals surface area (Å²) in [6.07, 6.45) is 3.91. The van der Waals surface area contributed by atoms with Crippen molar-refractivity contribution in [1.29, 1.82) is 0 Å². The van der Waals surface area contributed by atoms with Crippen LogP contribution in [0, 0.1) is 19.8 Å². The minimum atomic E-state index is 0.206. The van der Waals surface area contributed by atoms with Gasteiger partial charge in [0, 0.05) is 6.04 Å². The molecule has 1 atom stereocenters. The van der Waals surface area contributed by atoms with Crippen molar-refractivity contribution in [2.24, 2.45) is 11.7 Å². The summed E-state index contributed by atoms with van der Waals surface area (Å²) in [5.41, 5.74) is 9.93. The molecule has 0 bridgehead atoms. The Balaban J connectivity index is 2.28. The molecule has 0 amide bonds. The highest BCUT2D eigenvalue weighted by Gasteiger charge is 2.26. The topological polar surface area (TPSA) is 35.2 Å². The summed E-state index contributed by atoms with van der Waals surface area (Å²) in [5, 5.41) is 0. The number of benzene rings is 1. The largest absolute Gasteiger partial charge is 0.496 e. The van der Waals surface area contributed by atoms with Crippen LogP contribution in [0.25, 0.3) is 0 Å². The van der Waals surface area contributed by atoms with Crippen LogP contribution in [-0.4, -0.2) is 7.11 Å². The van der Waals surface area contributed by atoms with E-state index in [0.29, 0.717) is 5.92 Å². The number of hydrogen-bond acceptors (Lipinski definition) is 2. The summed E-state index contributed by atoms with van der Waals surface area (Å²) in [6, 6.07) is 4.56. The number of nitrogens with two attached hydrogens (primary N) is 1. The summed E-state index contributed by atoms with van der Waals surface area (Å²) in [7, 11) is 1.72. The Morgan fingerprint density at radius 2 is 1.81 bits per heavy atom. The van der Waals surface area contributed by atoms with Gasteiger partial charge in [-0.15, -0.1) is 0 Å². The summed E-state index contributed by atoms with van der Waals surface area (Å²) in [4.78, 5) is 0. The fourth-order valence-electron chi connectivity index (χ4n) is 2.57. The molecular weight excluding hydrogens is 198 g/mol. The van der Waals surface area contributed by atoms with E-state index in [-0.39, 0.29) is 6.04 Å². The van der Waals surface area contributed by atoms with Gasteiger partial charge in [-0.25, -0.2) is 0 Å². The lowest BCUT2D eigenvalue weighted by atomic mass is 9.77. The molecule has 1 saturated carbocycles. The fourth-order valence-corrected chi connectivity index (χ4v) is 2.57. The lowest BCUT2D eigenvalue weighted by molar-refractivity contribution is 0.264. The Morgan fingerprint density at radius 3 is 2.19 bits per heavy atom. The van der Waals surface area contributed by atoms with Gasteiger partial charge in [0.05, 0.1) is 7.11 Å². The number of hydrogen-bond donors (Lipinski definition) is 1. The monoisotopic (exact) mass is 219 g/mol. The molecule has 0 saturated heterocycles. The minimum absolute atomic E-state index is 0.206. The molecule has 0 radical (unpaired) electrons. The van der Waals surface area contributed by atoms with E-state index in [1.54, 1.807) is 7.11 Å². The third kappa shape index (κ3) is 1.94. The van der Waals surface area contributed by atoms with Gasteiger partial charge >= 0.3 is 0 Å². The Morgan fingerprint density at radius 1 is 1.25 bits per heavy atom. The predicted molar refractivity (Wildman–Crippen MR) is 66.7 cm³/mol. The molecule has 16 heavy (non-hydrogen) atoms. The average Bonchev–Trinajstić information content (AvgIpc) is 2.14. The van der Waals surface area contributed by atoms with Gasteiger partial charge in [-0.3, -0.25) is 0 Å². The van der Waals surface area contributed by atoms with E-state index >= 15 is 0 Å². The third-order valence-electron chi connectivity index (χ3n) is 3.73. The second-order valence-electron chi connectivity index (χ2n) is 4.90. The van der Waals surface area contributed by atoms with Crippen LogP contribution in [0.4, 0.5) is 0 Å². The van der Waals surface area contributed by atoms with Crippen LogP contribution in [0.2, 0.25) is 0 Å². The standard InChI is InChI=1S/C14H21NO/c1-9-7-12(8-10(2)14(9)16-3)13(15)11-5-4-6-11/h7-8,11,13H,4-6,15H2,1-3H3. The molecule has 2 heteroatoms. The highest BCUT2D eigenvalue weighted by molar-refractivity contribution is 5.44. The molecule has 0 aromatic heterocycles. The number of ether oxygens (including phenoxy) is 1. The van der Waals surface area contributed by atoms with Crippen LogP contribution in [-0.2, 0) is 0 Å². The first-order chi connectivity index (χ1) is 7.63. The van der Waals surface area contributed by atoms with Crippen molar-refractivity contribution in [1.82, 2.24) is 0 Å². The highest BCUT2D eigenvalue weighted by Crippen LogP contribution is 2.37. The van der Waals surface area contributed by atoms with Crippen LogP contribution in [0.1, 0.15) is 42.0 Å². The van der Waals surface area contributed by atoms with Crippen LogP contribution in [0.5, 0.6) is 5.75 Å². The highest BCUT2D eigenvalue weighted by atomic mass is 16.5. The van der Waals surface area contributed by atoms with Gasteiger partial charge in [0.2, 0.25) is 0 Å². The molecule has 0 aliphatic heterocycles. The molecule has 1 aromatic carbocycles. The first-order valence-electron chi connectivity index (χ1n) is 6.04. The number of methoxy groups -OCH3 is 1. The summed E-state index contributed by atoms with van der Waals surface area (Å²) >= 11 is 0. The van der Waals surface area contributed by atoms with E-state index in [1.165, 1.54) is 36.0 Å². The van der Waals surface area contributed by atoms with Crippen LogP contribution in [0.15, 0.2) is 12.1 Å². The Hall–Kier alpha value is -1.02. The molecular formula is C14H21NO. The van der Waals surface area contributed by atoms with Crippen molar-refractivity contribution in [3.63, 3.8) is 0 Å². The van der Waals surface area contributed by atoms with E-state index in [4.69, 9.17) is 10.5 Å². The molecule has 2 rings (SSSR count). The van der Waals surface area contributed by atoms with Gasteiger partial charge in [0.25, 0.3) is 0 Å². The van der Waals surface area contributed by atoms with Crippen LogP contribution >= 0.6 is 0 Å². The maximum atomic E-state index is 6.29. The molecule has 1 aliphatic rings. The Labute approximate surface area is 97.8 Å². The van der Waals surface area contributed by atoms with Gasteiger partial charge in [-0.05, 0) is 49.3 Å². The lowest BCUT2D eigenvalue weighted by Crippen LogP contribution is -2.27. The van der Waals surface area contributed by atoms with Gasteiger partial charge < -0.3 is 10.5 Å². The van der Waals surface area contributed by atoms with Crippen molar-refractivity contribution in [2.45, 2.75) is 39.2 Å². The maximum Gasteiger partial charge on any atom is 0.124 e. The van der Waals surface area contributed by atoms with Gasteiger partial charge in [-0.2, -0.15) is 0 Å². The molecule has 1 aliphatic carbocycles. The smallest absolute Gasteiger partial charge is 0.124 e. The summed E-state index contributed by atoms with van der Waals surface area (Å²) in [5.74, 6) is 1.68. The van der Waals surface area contributed by atoms with Crippen molar-refractivity contribution < 1.29 is 4.74 Å². The average molecular weight is 219 g/mol. The lowest BCUT2D eigenvalue weighted by Gasteiger charge is -2.32. The molecule has 88 valence electrons. The zero-order chi connectivity index (χ0) is 11.7. The van der Waals surface area contributed by atoms with Crippen LogP contribution < -0.4 is 10.5 Å². The normalized spacial score (nSPS) is 18.0. The third-order valence-corrected chi connectivity index (χ3v) is 3.73. The molecule has 0 spiro atoms. The number of aryl methyl sites for hydroxylation is 2. The van der Waals surface area contributed by atoms with Crippen molar-refractivity contribution in [3.8, 4) is 5.75 Å². The maximum absolute atomic E-state index is 6.29. The summed E-state index contributed by atoms with van der Waals surface area (Å²) < 4.78 is 5.37. The van der Waals surface area contributed by atoms with E-state index in [2.05, 4.69) is 26.0 Å². The molecule has 1 fully saturated rings. The second kappa shape index (κ2) is 4.46. The van der Waals surface area contributed by atoms with Crippen molar-refractivity contribution >= 4 is 0 Å². The molecule has 1 aromatic rings. The molecule has 2 nitrogen and oxygen atoms in total. The Bertz CT molecular complexity index is 359. The van der Waals surface area contributed by atoms with Gasteiger partial charge in [0.15, 0.2) is 0 Å². The molecule has 0 heterocycles. The molecule has 1 unspecified atom stereocenters. The minimum Gasteiger partial charge on any atom is -0.496 e. The van der Waals surface area contributed by atoms with Gasteiger partial charge in [-0.1, -0.05) is 18.6 Å². The van der Waals surface area contributed by atoms with Crippen LogP contribution in [0.3, 0.4) is 0 Å². The summed E-state index contributed by atoms with van der Waals surface area (Å²) in [6.45, 7) is 4.17. The van der Waals surface area contributed by atoms with Crippen molar-refractivity contribution in [2.75, 3.05) is 7.11 Å². The number of rotatable bonds is 3. The first kappa shape index (κ1) is 11.5.